The van der Waals surface area contributed by atoms with Gasteiger partial charge in [0.05, 0.1) is 24.2 Å². The zero-order chi connectivity index (χ0) is 24.2. The van der Waals surface area contributed by atoms with Crippen LogP contribution in [0, 0.1) is 0 Å². The van der Waals surface area contributed by atoms with E-state index in [-0.39, 0.29) is 31.0 Å². The van der Waals surface area contributed by atoms with Gasteiger partial charge >= 0.3 is 11.8 Å². The van der Waals surface area contributed by atoms with E-state index in [1.54, 1.807) is 46.0 Å². The fourth-order valence-corrected chi connectivity index (χ4v) is 3.52. The first-order valence-corrected chi connectivity index (χ1v) is 10.8. The van der Waals surface area contributed by atoms with Crippen LogP contribution in [0.2, 0.25) is 0 Å². The molecule has 1 aromatic heterocycles. The normalized spacial score (nSPS) is 16.5. The Bertz CT molecular complexity index is 1100. The van der Waals surface area contributed by atoms with E-state index in [2.05, 4.69) is 10.6 Å². The minimum atomic E-state index is -0.728. The summed E-state index contributed by atoms with van der Waals surface area (Å²) in [4.78, 5) is 48.0. The van der Waals surface area contributed by atoms with Crippen molar-refractivity contribution in [2.75, 3.05) is 26.4 Å². The molecular formula is C22H30N4O7. The lowest BCUT2D eigenvalue weighted by Gasteiger charge is -2.21. The highest BCUT2D eigenvalue weighted by Crippen LogP contribution is 2.25. The second kappa shape index (κ2) is 10.1. The molecule has 3 amide bonds. The van der Waals surface area contributed by atoms with E-state index in [9.17, 15) is 19.2 Å². The monoisotopic (exact) mass is 462 g/mol. The summed E-state index contributed by atoms with van der Waals surface area (Å²) >= 11 is 0. The Morgan fingerprint density at radius 3 is 2.61 bits per heavy atom. The van der Waals surface area contributed by atoms with Crippen molar-refractivity contribution in [1.82, 2.24) is 19.8 Å². The van der Waals surface area contributed by atoms with Crippen molar-refractivity contribution < 1.29 is 28.6 Å². The first-order valence-electron chi connectivity index (χ1n) is 10.8. The maximum atomic E-state index is 12.8. The predicted octanol–water partition coefficient (Wildman–Crippen LogP) is 1.24. The van der Waals surface area contributed by atoms with Crippen LogP contribution in [0.25, 0.3) is 11.0 Å². The van der Waals surface area contributed by atoms with Crippen molar-refractivity contribution >= 4 is 28.9 Å². The van der Waals surface area contributed by atoms with Gasteiger partial charge in [0.15, 0.2) is 0 Å². The minimum Gasteiger partial charge on any atom is -0.491 e. The summed E-state index contributed by atoms with van der Waals surface area (Å²) in [6.45, 7) is 6.59. The highest BCUT2D eigenvalue weighted by atomic mass is 16.6. The molecule has 1 saturated heterocycles. The van der Waals surface area contributed by atoms with Crippen LogP contribution in [0.4, 0.5) is 4.79 Å². The van der Waals surface area contributed by atoms with Gasteiger partial charge in [-0.3, -0.25) is 24.0 Å². The summed E-state index contributed by atoms with van der Waals surface area (Å²) in [5.74, 6) is -0.253. The Morgan fingerprint density at radius 2 is 1.91 bits per heavy atom. The summed E-state index contributed by atoms with van der Waals surface area (Å²) in [6, 6.07) is 4.44. The molecule has 33 heavy (non-hydrogen) atoms. The third-order valence-electron chi connectivity index (χ3n) is 4.99. The Balaban J connectivity index is 1.52. The number of rotatable bonds is 8. The molecule has 1 aliphatic heterocycles. The molecule has 3 rings (SSSR count). The number of alkyl carbamates (subject to hydrolysis) is 1. The molecule has 0 saturated carbocycles. The molecule has 0 bridgehead atoms. The van der Waals surface area contributed by atoms with Crippen LogP contribution < -0.4 is 21.1 Å². The van der Waals surface area contributed by atoms with Crippen LogP contribution in [0.1, 0.15) is 39.7 Å². The minimum absolute atomic E-state index is 0.188. The molecule has 1 fully saturated rings. The number of amides is 3. The van der Waals surface area contributed by atoms with Crippen LogP contribution in [0.3, 0.4) is 0 Å². The Hall–Kier alpha value is -3.34. The van der Waals surface area contributed by atoms with E-state index in [0.717, 1.165) is 0 Å². The molecule has 0 radical (unpaired) electrons. The van der Waals surface area contributed by atoms with E-state index in [4.69, 9.17) is 14.2 Å². The number of aryl methyl sites for hydroxylation is 1. The maximum absolute atomic E-state index is 12.8. The van der Waals surface area contributed by atoms with Gasteiger partial charge in [-0.2, -0.15) is 0 Å². The quantitative estimate of drug-likeness (QED) is 0.446. The second-order valence-electron chi connectivity index (χ2n) is 8.72. The van der Waals surface area contributed by atoms with E-state index in [1.807, 2.05) is 0 Å². The van der Waals surface area contributed by atoms with Crippen LogP contribution in [0.5, 0.6) is 5.75 Å². The topological polar surface area (TPSA) is 130 Å². The molecule has 0 aliphatic carbocycles. The van der Waals surface area contributed by atoms with Gasteiger partial charge in [-0.15, -0.1) is 0 Å². The molecule has 0 spiro atoms. The average molecular weight is 463 g/mol. The lowest BCUT2D eigenvalue weighted by molar-refractivity contribution is -0.135. The third-order valence-corrected chi connectivity index (χ3v) is 4.99. The van der Waals surface area contributed by atoms with Gasteiger partial charge in [-0.05, 0) is 39.3 Å². The van der Waals surface area contributed by atoms with Crippen molar-refractivity contribution in [2.24, 2.45) is 7.05 Å². The molecule has 1 atom stereocenters. The predicted molar refractivity (Wildman–Crippen MR) is 119 cm³/mol. The van der Waals surface area contributed by atoms with Crippen LogP contribution in [0.15, 0.2) is 23.0 Å². The summed E-state index contributed by atoms with van der Waals surface area (Å²) < 4.78 is 19.2. The number of piperidine rings is 1. The van der Waals surface area contributed by atoms with Crippen molar-refractivity contribution in [3.05, 3.63) is 28.7 Å². The first kappa shape index (κ1) is 24.3. The Morgan fingerprint density at radius 1 is 1.15 bits per heavy atom. The molecule has 2 heterocycles. The number of carbonyl (C=O) groups excluding carboxylic acids is 3. The van der Waals surface area contributed by atoms with Crippen molar-refractivity contribution in [1.29, 1.82) is 0 Å². The van der Waals surface area contributed by atoms with Crippen LogP contribution in [-0.2, 0) is 26.1 Å². The number of carbonyl (C=O) groups is 3. The van der Waals surface area contributed by atoms with E-state index >= 15 is 0 Å². The maximum Gasteiger partial charge on any atom is 0.407 e. The van der Waals surface area contributed by atoms with Crippen LogP contribution in [-0.4, -0.2) is 59.0 Å². The average Bonchev–Trinajstić information content (AvgIpc) is 2.96. The van der Waals surface area contributed by atoms with Gasteiger partial charge in [-0.25, -0.2) is 9.59 Å². The van der Waals surface area contributed by atoms with E-state index in [1.165, 1.54) is 9.13 Å². The van der Waals surface area contributed by atoms with Crippen molar-refractivity contribution in [3.63, 3.8) is 0 Å². The second-order valence-corrected chi connectivity index (χ2v) is 8.72. The lowest BCUT2D eigenvalue weighted by atomic mass is 10.1. The van der Waals surface area contributed by atoms with Gasteiger partial charge in [0.1, 0.15) is 24.0 Å². The zero-order valence-corrected chi connectivity index (χ0v) is 19.3. The molecule has 180 valence electrons. The first-order chi connectivity index (χ1) is 15.6. The van der Waals surface area contributed by atoms with Crippen molar-refractivity contribution in [3.8, 4) is 5.75 Å². The zero-order valence-electron chi connectivity index (χ0n) is 19.3. The van der Waals surface area contributed by atoms with Gasteiger partial charge in [-0.1, -0.05) is 0 Å². The molecular weight excluding hydrogens is 432 g/mol. The number of benzene rings is 1. The fourth-order valence-electron chi connectivity index (χ4n) is 3.52. The summed E-state index contributed by atoms with van der Waals surface area (Å²) in [5, 5.41) is 4.90. The molecule has 11 heteroatoms. The number of nitrogens with zero attached hydrogens (tertiary/aromatic N) is 2. The fraction of sp³-hybridized carbons (Fsp3) is 0.545. The number of ether oxygens (including phenoxy) is 3. The van der Waals surface area contributed by atoms with Crippen molar-refractivity contribution in [2.45, 2.75) is 45.3 Å². The lowest BCUT2D eigenvalue weighted by Crippen LogP contribution is -2.44. The highest BCUT2D eigenvalue weighted by Gasteiger charge is 2.31. The smallest absolute Gasteiger partial charge is 0.407 e. The van der Waals surface area contributed by atoms with Gasteiger partial charge in [0, 0.05) is 26.1 Å². The molecule has 2 N–H and O–H groups in total. The number of fused-ring (bicyclic) bond motifs is 1. The number of imidazole rings is 1. The standard InChI is InChI=1S/C22H30N4O7/c1-22(2,3)33-20(29)23-9-10-31-11-12-32-14-5-6-15-17(13-14)25(4)21(30)26(15)16-7-8-18(27)24-19(16)28/h5-6,13,16H,7-12H2,1-4H3,(H,23,29)(H,24,27,28). The summed E-state index contributed by atoms with van der Waals surface area (Å²) in [7, 11) is 1.62. The summed E-state index contributed by atoms with van der Waals surface area (Å²) in [5.41, 5.74) is 0.322. The number of hydrogen-bond acceptors (Lipinski definition) is 7. The van der Waals surface area contributed by atoms with Gasteiger partial charge in [0.2, 0.25) is 11.8 Å². The van der Waals surface area contributed by atoms with Gasteiger partial charge < -0.3 is 19.5 Å². The Labute approximate surface area is 191 Å². The molecule has 11 nitrogen and oxygen atoms in total. The van der Waals surface area contributed by atoms with E-state index < -0.39 is 23.6 Å². The van der Waals surface area contributed by atoms with Crippen LogP contribution >= 0.6 is 0 Å². The number of hydrogen-bond donors (Lipinski definition) is 2. The molecule has 1 aromatic carbocycles. The largest absolute Gasteiger partial charge is 0.491 e. The third kappa shape index (κ3) is 6.13. The SMILES string of the molecule is Cn1c(=O)n(C2CCC(=O)NC2=O)c2ccc(OCCOCCNC(=O)OC(C)(C)C)cc21. The summed E-state index contributed by atoms with van der Waals surface area (Å²) in [6.07, 6.45) is -0.0269. The van der Waals surface area contributed by atoms with E-state index in [0.29, 0.717) is 36.5 Å². The molecule has 1 aliphatic rings. The highest BCUT2D eigenvalue weighted by molar-refractivity contribution is 6.00. The molecule has 2 aromatic rings. The Kier molecular flexibility index (Phi) is 7.42. The number of aromatic nitrogens is 2. The van der Waals surface area contributed by atoms with Gasteiger partial charge in [0.25, 0.3) is 0 Å². The molecule has 1 unspecified atom stereocenters. The number of imide groups is 1. The number of nitrogens with one attached hydrogen (secondary N) is 2.